The van der Waals surface area contributed by atoms with Gasteiger partial charge in [0.2, 0.25) is 11.8 Å². The van der Waals surface area contributed by atoms with E-state index >= 15 is 0 Å². The number of piperidine rings is 2. The molecule has 3 saturated heterocycles. The second-order valence-electron chi connectivity index (χ2n) is 10.0. The summed E-state index contributed by atoms with van der Waals surface area (Å²) in [6.45, 7) is 7.57. The fraction of sp³-hybridized carbons (Fsp3) is 0.600. The molecule has 4 aliphatic rings. The van der Waals surface area contributed by atoms with E-state index in [1.165, 1.54) is 6.42 Å². The van der Waals surface area contributed by atoms with Crippen molar-refractivity contribution >= 4 is 29.3 Å². The fourth-order valence-electron chi connectivity index (χ4n) is 5.79. The van der Waals surface area contributed by atoms with Crippen LogP contribution in [0.2, 0.25) is 0 Å². The molecule has 3 fully saturated rings. The Morgan fingerprint density at radius 3 is 2.43 bits per heavy atom. The topological polar surface area (TPSA) is 119 Å². The number of nitrogens with one attached hydrogen (secondary N) is 1. The SMILES string of the molecule is NC1CCCN(CCCN2CCN(c3cccc4c3C(=O)N(C3CCC(=O)NC3=O)C4=O)CC2)C1. The maximum atomic E-state index is 13.4. The summed E-state index contributed by atoms with van der Waals surface area (Å²) in [7, 11) is 0. The number of likely N-dealkylation sites (tertiary alicyclic amines) is 1. The zero-order valence-electron chi connectivity index (χ0n) is 20.1. The second kappa shape index (κ2) is 10.0. The van der Waals surface area contributed by atoms with E-state index < -0.39 is 23.8 Å². The van der Waals surface area contributed by atoms with E-state index in [2.05, 4.69) is 20.0 Å². The second-order valence-corrected chi connectivity index (χ2v) is 10.0. The molecule has 0 radical (unpaired) electrons. The number of anilines is 1. The van der Waals surface area contributed by atoms with E-state index in [0.717, 1.165) is 75.8 Å². The largest absolute Gasteiger partial charge is 0.368 e. The zero-order valence-corrected chi connectivity index (χ0v) is 20.1. The van der Waals surface area contributed by atoms with Crippen molar-refractivity contribution in [1.82, 2.24) is 20.0 Å². The number of imide groups is 2. The van der Waals surface area contributed by atoms with Gasteiger partial charge in [-0.05, 0) is 57.5 Å². The Morgan fingerprint density at radius 1 is 0.914 bits per heavy atom. The minimum atomic E-state index is -0.945. The highest BCUT2D eigenvalue weighted by atomic mass is 16.2. The molecule has 4 aliphatic heterocycles. The normalized spacial score (nSPS) is 26.3. The predicted octanol–water partition coefficient (Wildman–Crippen LogP) is 0.0230. The van der Waals surface area contributed by atoms with Gasteiger partial charge < -0.3 is 15.5 Å². The summed E-state index contributed by atoms with van der Waals surface area (Å²) in [5.74, 6) is -1.87. The smallest absolute Gasteiger partial charge is 0.264 e. The van der Waals surface area contributed by atoms with Gasteiger partial charge in [-0.15, -0.1) is 0 Å². The van der Waals surface area contributed by atoms with Crippen LogP contribution >= 0.6 is 0 Å². The third-order valence-corrected chi connectivity index (χ3v) is 7.65. The van der Waals surface area contributed by atoms with E-state index in [1.54, 1.807) is 12.1 Å². The highest BCUT2D eigenvalue weighted by Gasteiger charge is 2.46. The number of rotatable bonds is 6. The van der Waals surface area contributed by atoms with E-state index in [9.17, 15) is 19.2 Å². The Kier molecular flexibility index (Phi) is 6.86. The van der Waals surface area contributed by atoms with Crippen molar-refractivity contribution in [2.24, 2.45) is 5.73 Å². The molecule has 4 amide bonds. The molecule has 0 aliphatic carbocycles. The lowest BCUT2D eigenvalue weighted by Crippen LogP contribution is -2.54. The third-order valence-electron chi connectivity index (χ3n) is 7.65. The Balaban J connectivity index is 1.20. The van der Waals surface area contributed by atoms with E-state index in [-0.39, 0.29) is 18.7 Å². The maximum Gasteiger partial charge on any atom is 0.264 e. The lowest BCUT2D eigenvalue weighted by Gasteiger charge is -2.37. The molecule has 4 heterocycles. The number of nitrogens with two attached hydrogens (primary N) is 1. The first-order chi connectivity index (χ1) is 16.9. The predicted molar refractivity (Wildman–Crippen MR) is 130 cm³/mol. The molecular weight excluding hydrogens is 448 g/mol. The average Bonchev–Trinajstić information content (AvgIpc) is 3.10. The Hall–Kier alpha value is -2.82. The minimum absolute atomic E-state index is 0.114. The van der Waals surface area contributed by atoms with Crippen LogP contribution < -0.4 is 16.0 Å². The Morgan fingerprint density at radius 2 is 1.69 bits per heavy atom. The van der Waals surface area contributed by atoms with Crippen LogP contribution in [0.3, 0.4) is 0 Å². The van der Waals surface area contributed by atoms with Crippen molar-refractivity contribution in [3.8, 4) is 0 Å². The van der Waals surface area contributed by atoms with Crippen molar-refractivity contribution in [2.75, 3.05) is 57.3 Å². The van der Waals surface area contributed by atoms with Crippen LogP contribution in [-0.2, 0) is 9.59 Å². The Labute approximate surface area is 205 Å². The van der Waals surface area contributed by atoms with Gasteiger partial charge in [-0.3, -0.25) is 34.3 Å². The number of amides is 4. The van der Waals surface area contributed by atoms with Gasteiger partial charge in [-0.1, -0.05) is 6.07 Å². The Bertz CT molecular complexity index is 1020. The summed E-state index contributed by atoms with van der Waals surface area (Å²) in [5.41, 5.74) is 7.54. The molecule has 10 heteroatoms. The van der Waals surface area contributed by atoms with Gasteiger partial charge in [0, 0.05) is 45.2 Å². The van der Waals surface area contributed by atoms with E-state index in [0.29, 0.717) is 17.2 Å². The highest BCUT2D eigenvalue weighted by Crippen LogP contribution is 2.34. The van der Waals surface area contributed by atoms with Gasteiger partial charge in [0.05, 0.1) is 16.8 Å². The molecule has 0 spiro atoms. The first-order valence-corrected chi connectivity index (χ1v) is 12.7. The highest BCUT2D eigenvalue weighted by molar-refractivity contribution is 6.25. The van der Waals surface area contributed by atoms with E-state index in [4.69, 9.17) is 5.73 Å². The van der Waals surface area contributed by atoms with Gasteiger partial charge >= 0.3 is 0 Å². The average molecular weight is 483 g/mol. The number of hydrogen-bond acceptors (Lipinski definition) is 8. The summed E-state index contributed by atoms with van der Waals surface area (Å²) in [6.07, 6.45) is 3.70. The van der Waals surface area contributed by atoms with Gasteiger partial charge in [0.25, 0.3) is 11.8 Å². The molecule has 10 nitrogen and oxygen atoms in total. The summed E-state index contributed by atoms with van der Waals surface area (Å²) in [4.78, 5) is 58.5. The molecule has 5 rings (SSSR count). The van der Waals surface area contributed by atoms with E-state index in [1.807, 2.05) is 6.07 Å². The van der Waals surface area contributed by atoms with Crippen LogP contribution in [0, 0.1) is 0 Å². The molecule has 0 bridgehead atoms. The standard InChI is InChI=1S/C25H34N6O4/c26-17-4-2-9-29(16-17)11-3-10-28-12-14-30(15-13-28)19-6-1-5-18-22(19)25(35)31(24(18)34)20-7-8-21(32)27-23(20)33/h1,5-6,17,20H,2-4,7-16,26H2,(H,27,32,33). The number of carbonyl (C=O) groups excluding carboxylic acids is 4. The van der Waals surface area contributed by atoms with Crippen molar-refractivity contribution in [1.29, 1.82) is 0 Å². The summed E-state index contributed by atoms with van der Waals surface area (Å²) >= 11 is 0. The number of nitrogens with zero attached hydrogens (tertiary/aromatic N) is 4. The van der Waals surface area contributed by atoms with Crippen LogP contribution in [-0.4, -0.2) is 103 Å². The van der Waals surface area contributed by atoms with Crippen molar-refractivity contribution in [3.63, 3.8) is 0 Å². The number of carbonyl (C=O) groups is 4. The van der Waals surface area contributed by atoms with Crippen LogP contribution in [0.25, 0.3) is 0 Å². The molecule has 0 saturated carbocycles. The van der Waals surface area contributed by atoms with Gasteiger partial charge in [0.15, 0.2) is 0 Å². The van der Waals surface area contributed by atoms with Gasteiger partial charge in [-0.25, -0.2) is 0 Å². The van der Waals surface area contributed by atoms with Crippen LogP contribution in [0.5, 0.6) is 0 Å². The van der Waals surface area contributed by atoms with Crippen LogP contribution in [0.1, 0.15) is 52.8 Å². The number of piperazine rings is 1. The molecule has 2 unspecified atom stereocenters. The molecular formula is C25H34N6O4. The number of fused-ring (bicyclic) bond motifs is 1. The number of benzene rings is 1. The summed E-state index contributed by atoms with van der Waals surface area (Å²) in [5, 5.41) is 2.25. The van der Waals surface area contributed by atoms with Gasteiger partial charge in [0.1, 0.15) is 6.04 Å². The van der Waals surface area contributed by atoms with Crippen molar-refractivity contribution in [2.45, 2.75) is 44.2 Å². The molecule has 0 aromatic heterocycles. The zero-order chi connectivity index (χ0) is 24.5. The summed E-state index contributed by atoms with van der Waals surface area (Å²) < 4.78 is 0. The lowest BCUT2D eigenvalue weighted by atomic mass is 10.0. The van der Waals surface area contributed by atoms with Crippen molar-refractivity contribution < 1.29 is 19.2 Å². The monoisotopic (exact) mass is 482 g/mol. The minimum Gasteiger partial charge on any atom is -0.368 e. The van der Waals surface area contributed by atoms with Crippen molar-refractivity contribution in [3.05, 3.63) is 29.3 Å². The van der Waals surface area contributed by atoms with Crippen LogP contribution in [0.4, 0.5) is 5.69 Å². The quantitative estimate of drug-likeness (QED) is 0.545. The first kappa shape index (κ1) is 23.9. The molecule has 35 heavy (non-hydrogen) atoms. The van der Waals surface area contributed by atoms with Crippen LogP contribution in [0.15, 0.2) is 18.2 Å². The first-order valence-electron chi connectivity index (χ1n) is 12.7. The lowest BCUT2D eigenvalue weighted by molar-refractivity contribution is -0.136. The van der Waals surface area contributed by atoms with Gasteiger partial charge in [-0.2, -0.15) is 0 Å². The maximum absolute atomic E-state index is 13.4. The molecule has 3 N–H and O–H groups in total. The molecule has 1 aromatic carbocycles. The molecule has 188 valence electrons. The molecule has 1 aromatic rings. The third kappa shape index (κ3) is 4.82. The fourth-order valence-corrected chi connectivity index (χ4v) is 5.79. The molecule has 2 atom stereocenters. The number of hydrogen-bond donors (Lipinski definition) is 2. The summed E-state index contributed by atoms with van der Waals surface area (Å²) in [6, 6.07) is 4.68.